The van der Waals surface area contributed by atoms with Crippen LogP contribution in [0.4, 0.5) is 11.4 Å². The van der Waals surface area contributed by atoms with E-state index in [1.54, 1.807) is 35.2 Å². The molecule has 2 N–H and O–H groups in total. The van der Waals surface area contributed by atoms with Gasteiger partial charge in [0.1, 0.15) is 4.99 Å². The van der Waals surface area contributed by atoms with Gasteiger partial charge in [-0.2, -0.15) is 4.57 Å². The van der Waals surface area contributed by atoms with Crippen LogP contribution in [0.5, 0.6) is 0 Å². The van der Waals surface area contributed by atoms with Crippen molar-refractivity contribution in [1.82, 2.24) is 5.32 Å². The number of piperidine rings is 1. The van der Waals surface area contributed by atoms with Crippen molar-refractivity contribution in [3.63, 3.8) is 0 Å². The molecule has 3 rings (SSSR count). The van der Waals surface area contributed by atoms with Gasteiger partial charge in [-0.1, -0.05) is 30.5 Å². The first-order valence-electron chi connectivity index (χ1n) is 7.88. The lowest BCUT2D eigenvalue weighted by molar-refractivity contribution is -0.708. The van der Waals surface area contributed by atoms with Gasteiger partial charge in [0.05, 0.1) is 27.4 Å². The highest BCUT2D eigenvalue weighted by atomic mass is 32.1. The Morgan fingerprint density at radius 3 is 2.36 bits per heavy atom. The van der Waals surface area contributed by atoms with E-state index in [2.05, 4.69) is 11.2 Å². The van der Waals surface area contributed by atoms with Crippen molar-refractivity contribution in [2.24, 2.45) is 0 Å². The number of rotatable bonds is 4. The Balaban J connectivity index is 2.29. The van der Waals surface area contributed by atoms with Gasteiger partial charge in [0, 0.05) is 23.8 Å². The molecule has 0 radical (unpaired) electrons. The number of nitro groups is 2. The summed E-state index contributed by atoms with van der Waals surface area (Å²) in [4.78, 5) is 21.8. The van der Waals surface area contributed by atoms with Gasteiger partial charge in [-0.15, -0.1) is 0 Å². The van der Waals surface area contributed by atoms with Crippen molar-refractivity contribution >= 4 is 51.7 Å². The van der Waals surface area contributed by atoms with Crippen molar-refractivity contribution in [3.05, 3.63) is 80.2 Å². The fourth-order valence-electron chi connectivity index (χ4n) is 3.14. The third kappa shape index (κ3) is 3.41. The Labute approximate surface area is 169 Å². The van der Waals surface area contributed by atoms with E-state index in [1.807, 2.05) is 0 Å². The molecule has 2 heterocycles. The minimum Gasteiger partial charge on any atom is -0.335 e. The molecule has 1 aromatic heterocycles. The van der Waals surface area contributed by atoms with E-state index in [9.17, 15) is 20.2 Å². The molecule has 28 heavy (non-hydrogen) atoms. The Kier molecular flexibility index (Phi) is 5.32. The lowest BCUT2D eigenvalue weighted by atomic mass is 9.81. The minimum atomic E-state index is -0.813. The van der Waals surface area contributed by atoms with Gasteiger partial charge in [0.2, 0.25) is 6.04 Å². The molecule has 2 atom stereocenters. The summed E-state index contributed by atoms with van der Waals surface area (Å²) < 4.78 is 1.74. The summed E-state index contributed by atoms with van der Waals surface area (Å²) in [5.41, 5.74) is -0.473. The lowest BCUT2D eigenvalue weighted by Crippen LogP contribution is -2.56. The van der Waals surface area contributed by atoms with Crippen molar-refractivity contribution in [2.75, 3.05) is 0 Å². The number of non-ortho nitro benzene ring substituents is 1. The van der Waals surface area contributed by atoms with E-state index in [0.717, 1.165) is 6.07 Å². The molecular weight excluding hydrogens is 402 g/mol. The fourth-order valence-corrected chi connectivity index (χ4v) is 3.85. The Hall–Kier alpha value is -3.40. The molecular formula is C17H12N5O4S2+. The van der Waals surface area contributed by atoms with Crippen LogP contribution in [0.25, 0.3) is 0 Å². The van der Waals surface area contributed by atoms with Gasteiger partial charge in [-0.3, -0.25) is 25.6 Å². The van der Waals surface area contributed by atoms with Gasteiger partial charge in [0.15, 0.2) is 17.4 Å². The van der Waals surface area contributed by atoms with E-state index in [4.69, 9.17) is 29.8 Å². The maximum Gasteiger partial charge on any atom is 0.280 e. The zero-order valence-corrected chi connectivity index (χ0v) is 15.7. The maximum atomic E-state index is 11.7. The second kappa shape index (κ2) is 7.69. The molecule has 0 amide bonds. The molecule has 1 saturated heterocycles. The quantitative estimate of drug-likeness (QED) is 0.197. The maximum absolute atomic E-state index is 11.7. The highest BCUT2D eigenvalue weighted by Crippen LogP contribution is 2.41. The summed E-state index contributed by atoms with van der Waals surface area (Å²) in [6.07, 6.45) is 3.47. The van der Waals surface area contributed by atoms with E-state index >= 15 is 0 Å². The molecule has 0 saturated carbocycles. The van der Waals surface area contributed by atoms with Gasteiger partial charge in [0.25, 0.3) is 11.4 Å². The summed E-state index contributed by atoms with van der Waals surface area (Å²) in [5.74, 6) is 1.45. The van der Waals surface area contributed by atoms with Crippen LogP contribution in [-0.2, 0) is 0 Å². The lowest BCUT2D eigenvalue weighted by Gasteiger charge is -2.30. The number of hydrogen-bond donors (Lipinski definition) is 2. The zero-order valence-electron chi connectivity index (χ0n) is 14.1. The molecule has 11 heteroatoms. The van der Waals surface area contributed by atoms with Crippen LogP contribution in [0.1, 0.15) is 17.5 Å². The summed E-state index contributed by atoms with van der Waals surface area (Å²) in [6.45, 7) is 0. The first-order chi connectivity index (χ1) is 13.3. The second-order valence-electron chi connectivity index (χ2n) is 5.86. The van der Waals surface area contributed by atoms with E-state index < -0.39 is 33.2 Å². The van der Waals surface area contributed by atoms with Crippen LogP contribution in [0, 0.1) is 25.6 Å². The number of nitrogens with one attached hydrogen (secondary N) is 2. The number of hydrogen-bond acceptors (Lipinski definition) is 7. The van der Waals surface area contributed by atoms with Crippen molar-refractivity contribution in [1.29, 1.82) is 5.41 Å². The number of thiocarbonyl (C=S) groups is 2. The summed E-state index contributed by atoms with van der Waals surface area (Å²) >= 11 is 10.7. The molecule has 0 spiro atoms. The Morgan fingerprint density at radius 2 is 1.79 bits per heavy atom. The topological polar surface area (TPSA) is 126 Å². The monoisotopic (exact) mass is 414 g/mol. The smallest absolute Gasteiger partial charge is 0.280 e. The predicted molar refractivity (Wildman–Crippen MR) is 108 cm³/mol. The van der Waals surface area contributed by atoms with Crippen LogP contribution in [0.3, 0.4) is 0 Å². The summed E-state index contributed by atoms with van der Waals surface area (Å²) in [5, 5.41) is 33.2. The molecule has 2 aromatic rings. The van der Waals surface area contributed by atoms with Crippen LogP contribution in [-0.4, -0.2) is 25.7 Å². The predicted octanol–water partition coefficient (Wildman–Crippen LogP) is 2.55. The van der Waals surface area contributed by atoms with Crippen LogP contribution < -0.4 is 9.88 Å². The molecule has 0 aliphatic carbocycles. The number of pyridine rings is 1. The summed E-state index contributed by atoms with van der Waals surface area (Å²) in [6, 6.07) is 8.11. The van der Waals surface area contributed by atoms with Gasteiger partial charge in [-0.05, 0) is 11.9 Å². The van der Waals surface area contributed by atoms with Gasteiger partial charge in [-0.25, -0.2) is 0 Å². The average molecular weight is 414 g/mol. The third-order valence-electron chi connectivity index (χ3n) is 4.33. The molecule has 0 unspecified atom stereocenters. The van der Waals surface area contributed by atoms with Crippen LogP contribution >= 0.6 is 24.4 Å². The van der Waals surface area contributed by atoms with Crippen molar-refractivity contribution in [3.8, 4) is 0 Å². The standard InChI is InChI=1S/C17H11N5O4S2/c18-9-12-14(11-5-4-10(21(23)24)8-13(11)22(25)26)15(17(28)19-16(12)27)20-6-2-1-3-7-20/h1-8,14-15,18H/p+1/t14-,15+/m0/s1. The number of benzene rings is 1. The minimum absolute atomic E-state index is 0.144. The third-order valence-corrected chi connectivity index (χ3v) is 4.99. The molecule has 1 aromatic carbocycles. The Morgan fingerprint density at radius 1 is 1.11 bits per heavy atom. The van der Waals surface area contributed by atoms with Crippen LogP contribution in [0.2, 0.25) is 0 Å². The number of nitrogens with zero attached hydrogens (tertiary/aromatic N) is 3. The van der Waals surface area contributed by atoms with Crippen LogP contribution in [0.15, 0.2) is 54.4 Å². The normalized spacial score (nSPS) is 18.9. The molecule has 1 aliphatic heterocycles. The fraction of sp³-hybridized carbons (Fsp3) is 0.118. The number of nitro benzene ring substituents is 2. The van der Waals surface area contributed by atoms with Gasteiger partial charge >= 0.3 is 0 Å². The molecule has 9 nitrogen and oxygen atoms in total. The van der Waals surface area contributed by atoms with E-state index in [1.165, 1.54) is 12.1 Å². The summed E-state index contributed by atoms with van der Waals surface area (Å²) in [7, 11) is 0. The Bertz CT molecular complexity index is 1070. The SMILES string of the molecule is N=C=C1C(=S)NC(=S)[C@H]([n+]2ccccc2)[C@H]1c1ccc([N+](=O)[O-])cc1[N+](=O)[O-]. The molecule has 1 fully saturated rings. The van der Waals surface area contributed by atoms with E-state index in [-0.39, 0.29) is 16.1 Å². The first kappa shape index (κ1) is 19.4. The molecule has 140 valence electrons. The van der Waals surface area contributed by atoms with E-state index in [0.29, 0.717) is 4.99 Å². The zero-order chi connectivity index (χ0) is 20.4. The average Bonchev–Trinajstić information content (AvgIpc) is 2.67. The second-order valence-corrected chi connectivity index (χ2v) is 6.71. The van der Waals surface area contributed by atoms with Crippen molar-refractivity contribution < 1.29 is 14.4 Å². The highest BCUT2D eigenvalue weighted by Gasteiger charge is 2.46. The largest absolute Gasteiger partial charge is 0.335 e. The van der Waals surface area contributed by atoms with Gasteiger partial charge < -0.3 is 5.32 Å². The molecule has 0 bridgehead atoms. The molecule has 1 aliphatic rings. The highest BCUT2D eigenvalue weighted by molar-refractivity contribution is 7.82. The first-order valence-corrected chi connectivity index (χ1v) is 8.70. The van der Waals surface area contributed by atoms with Crippen molar-refractivity contribution in [2.45, 2.75) is 12.0 Å². The number of aromatic nitrogens is 1.